The number of carbonyl (C=O) groups excluding carboxylic acids is 1. The van der Waals surface area contributed by atoms with Crippen molar-refractivity contribution in [3.63, 3.8) is 0 Å². The molecule has 1 aromatic heterocycles. The maximum Gasteiger partial charge on any atom is 0.283 e. The van der Waals surface area contributed by atoms with E-state index in [4.69, 9.17) is 23.2 Å². The van der Waals surface area contributed by atoms with Gasteiger partial charge in [-0.05, 0) is 42.3 Å². The lowest BCUT2D eigenvalue weighted by Crippen LogP contribution is -2.13. The third-order valence-corrected chi connectivity index (χ3v) is 4.04. The van der Waals surface area contributed by atoms with Crippen molar-refractivity contribution in [3.05, 3.63) is 34.6 Å². The minimum Gasteiger partial charge on any atom is -0.354 e. The van der Waals surface area contributed by atoms with Crippen LogP contribution in [0.3, 0.4) is 0 Å². The fourth-order valence-corrected chi connectivity index (χ4v) is 2.60. The van der Waals surface area contributed by atoms with Crippen molar-refractivity contribution in [2.45, 2.75) is 13.3 Å². The molecule has 25 heavy (non-hydrogen) atoms. The fourth-order valence-electron chi connectivity index (χ4n) is 1.74. The number of benzene rings is 1. The van der Waals surface area contributed by atoms with Gasteiger partial charge in [0.2, 0.25) is 17.2 Å². The van der Waals surface area contributed by atoms with Crippen molar-refractivity contribution in [2.24, 2.45) is 0 Å². The van der Waals surface area contributed by atoms with E-state index in [1.807, 2.05) is 6.92 Å². The van der Waals surface area contributed by atoms with E-state index in [2.05, 4.69) is 30.9 Å². The predicted molar refractivity (Wildman–Crippen MR) is 105 cm³/mol. The average Bonchev–Trinajstić information content (AvgIpc) is 2.58. The molecule has 1 amide bonds. The second kappa shape index (κ2) is 10.3. The van der Waals surface area contributed by atoms with Crippen LogP contribution < -0.4 is 16.0 Å². The number of anilines is 3. The van der Waals surface area contributed by atoms with Gasteiger partial charge in [0.15, 0.2) is 0 Å². The molecule has 0 aliphatic carbocycles. The molecule has 10 heteroatoms. The quantitative estimate of drug-likeness (QED) is 0.566. The largest absolute Gasteiger partial charge is 0.354 e. The van der Waals surface area contributed by atoms with E-state index in [1.165, 1.54) is 0 Å². The molecule has 0 unspecified atom stereocenters. The van der Waals surface area contributed by atoms with Crippen molar-refractivity contribution in [2.75, 3.05) is 34.8 Å². The van der Waals surface area contributed by atoms with Crippen molar-refractivity contribution in [1.82, 2.24) is 15.0 Å². The fraction of sp³-hybridized carbons (Fsp3) is 0.333. The summed E-state index contributed by atoms with van der Waals surface area (Å²) in [6, 6.07) is 6.93. The molecule has 0 saturated carbocycles. The van der Waals surface area contributed by atoms with Gasteiger partial charge in [0.25, 0.3) is 5.24 Å². The zero-order chi connectivity index (χ0) is 18.1. The number of hydrogen-bond acceptors (Lipinski definition) is 7. The molecule has 2 rings (SSSR count). The second-order valence-electron chi connectivity index (χ2n) is 4.87. The molecule has 3 N–H and O–H groups in total. The summed E-state index contributed by atoms with van der Waals surface area (Å²) < 4.78 is 0. The first-order valence-corrected chi connectivity index (χ1v) is 9.39. The summed E-state index contributed by atoms with van der Waals surface area (Å²) in [5.74, 6) is 1.34. The highest BCUT2D eigenvalue weighted by atomic mass is 35.5. The highest BCUT2D eigenvalue weighted by molar-refractivity contribution is 8.13. The molecule has 0 atom stereocenters. The summed E-state index contributed by atoms with van der Waals surface area (Å²) in [7, 11) is 0. The van der Waals surface area contributed by atoms with E-state index in [9.17, 15) is 4.79 Å². The van der Waals surface area contributed by atoms with Crippen LogP contribution in [-0.2, 0) is 0 Å². The van der Waals surface area contributed by atoms with Crippen LogP contribution in [0.5, 0.6) is 0 Å². The highest BCUT2D eigenvalue weighted by Crippen LogP contribution is 2.16. The minimum absolute atomic E-state index is 0.115. The Hall–Kier alpha value is -1.77. The average molecular weight is 401 g/mol. The lowest BCUT2D eigenvalue weighted by atomic mass is 10.3. The number of halogens is 2. The van der Waals surface area contributed by atoms with Crippen LogP contribution in [0, 0.1) is 0 Å². The van der Waals surface area contributed by atoms with Gasteiger partial charge in [0.05, 0.1) is 0 Å². The smallest absolute Gasteiger partial charge is 0.283 e. The summed E-state index contributed by atoms with van der Waals surface area (Å²) in [4.78, 5) is 24.1. The van der Waals surface area contributed by atoms with Gasteiger partial charge < -0.3 is 16.0 Å². The molecule has 0 bridgehead atoms. The molecule has 7 nitrogen and oxygen atoms in total. The van der Waals surface area contributed by atoms with Crippen LogP contribution in [0.25, 0.3) is 0 Å². The summed E-state index contributed by atoms with van der Waals surface area (Å²) in [6.45, 7) is 3.30. The Morgan fingerprint density at radius 3 is 2.32 bits per heavy atom. The van der Waals surface area contributed by atoms with Crippen molar-refractivity contribution < 1.29 is 4.79 Å². The van der Waals surface area contributed by atoms with Gasteiger partial charge in [0, 0.05) is 29.6 Å². The number of thioether (sulfide) groups is 1. The maximum absolute atomic E-state index is 11.9. The summed E-state index contributed by atoms with van der Waals surface area (Å²) >= 11 is 12.8. The molecule has 0 spiro atoms. The van der Waals surface area contributed by atoms with Gasteiger partial charge in [-0.15, -0.1) is 0 Å². The van der Waals surface area contributed by atoms with Gasteiger partial charge in [0.1, 0.15) is 0 Å². The Morgan fingerprint density at radius 1 is 1.04 bits per heavy atom. The third kappa shape index (κ3) is 7.33. The Labute approximate surface area is 160 Å². The highest BCUT2D eigenvalue weighted by Gasteiger charge is 2.06. The molecule has 134 valence electrons. The topological polar surface area (TPSA) is 91.8 Å². The number of rotatable bonds is 8. The lowest BCUT2D eigenvalue weighted by molar-refractivity contribution is 0.270. The molecule has 0 saturated heterocycles. The van der Waals surface area contributed by atoms with Gasteiger partial charge in [-0.1, -0.05) is 30.3 Å². The second-order valence-corrected chi connectivity index (χ2v) is 6.72. The molecule has 1 heterocycles. The number of carbonyl (C=O) groups is 1. The van der Waals surface area contributed by atoms with Crippen LogP contribution in [0.15, 0.2) is 24.3 Å². The predicted octanol–water partition coefficient (Wildman–Crippen LogP) is 4.38. The number of nitrogens with zero attached hydrogens (tertiary/aromatic N) is 3. The van der Waals surface area contributed by atoms with Crippen LogP contribution in [-0.4, -0.2) is 39.0 Å². The Bertz CT molecular complexity index is 701. The SMILES string of the molecule is CCCNc1nc(Cl)nc(NCCSC(=O)Nc2ccc(Cl)cc2)n1. The van der Waals surface area contributed by atoms with E-state index >= 15 is 0 Å². The molecule has 0 aliphatic heterocycles. The van der Waals surface area contributed by atoms with Crippen LogP contribution in [0.4, 0.5) is 22.4 Å². The normalized spacial score (nSPS) is 10.4. The first kappa shape index (κ1) is 19.6. The van der Waals surface area contributed by atoms with Gasteiger partial charge in [-0.25, -0.2) is 0 Å². The zero-order valence-corrected chi connectivity index (χ0v) is 15.9. The summed E-state index contributed by atoms with van der Waals surface area (Å²) in [5, 5.41) is 9.44. The monoisotopic (exact) mass is 400 g/mol. The molecule has 0 aliphatic rings. The van der Waals surface area contributed by atoms with E-state index in [-0.39, 0.29) is 10.5 Å². The van der Waals surface area contributed by atoms with E-state index < -0.39 is 0 Å². The van der Waals surface area contributed by atoms with Crippen LogP contribution in [0.1, 0.15) is 13.3 Å². The molecule has 2 aromatic rings. The molecule has 0 radical (unpaired) electrons. The van der Waals surface area contributed by atoms with Crippen molar-refractivity contribution in [3.8, 4) is 0 Å². The van der Waals surface area contributed by atoms with E-state index in [0.29, 0.717) is 34.9 Å². The lowest BCUT2D eigenvalue weighted by Gasteiger charge is -2.08. The van der Waals surface area contributed by atoms with E-state index in [0.717, 1.165) is 24.7 Å². The standard InChI is InChI=1S/C15H18Cl2N6OS/c1-2-7-18-13-21-12(17)22-14(23-13)19-8-9-25-15(24)20-11-5-3-10(16)4-6-11/h3-6H,2,7-9H2,1H3,(H,20,24)(H2,18,19,21,22,23). The number of amides is 1. The van der Waals surface area contributed by atoms with Gasteiger partial charge in [-0.2, -0.15) is 15.0 Å². The Kier molecular flexibility index (Phi) is 8.03. The minimum atomic E-state index is -0.150. The summed E-state index contributed by atoms with van der Waals surface area (Å²) in [6.07, 6.45) is 0.950. The Balaban J connectivity index is 1.74. The van der Waals surface area contributed by atoms with Crippen LogP contribution in [0.2, 0.25) is 10.3 Å². The zero-order valence-electron chi connectivity index (χ0n) is 13.6. The van der Waals surface area contributed by atoms with E-state index in [1.54, 1.807) is 24.3 Å². The van der Waals surface area contributed by atoms with Gasteiger partial charge in [-0.3, -0.25) is 4.79 Å². The number of nitrogens with one attached hydrogen (secondary N) is 3. The molecular formula is C15H18Cl2N6OS. The number of hydrogen-bond donors (Lipinski definition) is 3. The third-order valence-electron chi connectivity index (χ3n) is 2.85. The first-order chi connectivity index (χ1) is 12.1. The Morgan fingerprint density at radius 2 is 1.68 bits per heavy atom. The van der Waals surface area contributed by atoms with Crippen molar-refractivity contribution >= 4 is 57.8 Å². The molecule has 1 aromatic carbocycles. The van der Waals surface area contributed by atoms with Crippen LogP contribution >= 0.6 is 35.0 Å². The maximum atomic E-state index is 11.9. The summed E-state index contributed by atoms with van der Waals surface area (Å²) in [5.41, 5.74) is 0.700. The van der Waals surface area contributed by atoms with Crippen molar-refractivity contribution in [1.29, 1.82) is 0 Å². The van der Waals surface area contributed by atoms with Gasteiger partial charge >= 0.3 is 0 Å². The first-order valence-electron chi connectivity index (χ1n) is 7.65. The number of aromatic nitrogens is 3. The molecule has 0 fully saturated rings. The molecular weight excluding hydrogens is 383 g/mol.